The number of rotatable bonds is 8. The van der Waals surface area contributed by atoms with Crippen molar-refractivity contribution >= 4 is 0 Å². The van der Waals surface area contributed by atoms with Crippen molar-refractivity contribution in [2.75, 3.05) is 46.1 Å². The van der Waals surface area contributed by atoms with Gasteiger partial charge in [0, 0.05) is 39.3 Å². The summed E-state index contributed by atoms with van der Waals surface area (Å²) in [5.41, 5.74) is 1.26. The minimum Gasteiger partial charge on any atom is -0.454 e. The smallest absolute Gasteiger partial charge is 0.231 e. The van der Waals surface area contributed by atoms with Gasteiger partial charge in [0.2, 0.25) is 6.79 Å². The lowest BCUT2D eigenvalue weighted by atomic mass is 9.76. The number of aliphatic hydroxyl groups excluding tert-OH is 1. The van der Waals surface area contributed by atoms with Crippen molar-refractivity contribution in [2.45, 2.75) is 58.8 Å². The van der Waals surface area contributed by atoms with Crippen LogP contribution in [0.2, 0.25) is 0 Å². The van der Waals surface area contributed by atoms with E-state index in [1.54, 1.807) is 0 Å². The molecule has 1 aromatic carbocycles. The van der Waals surface area contributed by atoms with Crippen molar-refractivity contribution in [1.29, 1.82) is 0 Å². The van der Waals surface area contributed by atoms with Crippen LogP contribution in [0.3, 0.4) is 0 Å². The van der Waals surface area contributed by atoms with E-state index < -0.39 is 6.10 Å². The van der Waals surface area contributed by atoms with Crippen LogP contribution in [0.15, 0.2) is 18.2 Å². The molecule has 2 aliphatic heterocycles. The summed E-state index contributed by atoms with van der Waals surface area (Å²) >= 11 is 0. The zero-order valence-corrected chi connectivity index (χ0v) is 19.5. The zero-order chi connectivity index (χ0) is 21.8. The highest BCUT2D eigenvalue weighted by atomic mass is 16.7. The third-order valence-electron chi connectivity index (χ3n) is 7.39. The van der Waals surface area contributed by atoms with E-state index in [-0.39, 0.29) is 0 Å². The number of piperazine rings is 1. The first-order valence-corrected chi connectivity index (χ1v) is 12.1. The van der Waals surface area contributed by atoms with E-state index in [1.165, 1.54) is 18.4 Å². The van der Waals surface area contributed by atoms with Gasteiger partial charge >= 0.3 is 0 Å². The second-order valence-electron chi connectivity index (χ2n) is 10.1. The van der Waals surface area contributed by atoms with E-state index in [1.807, 2.05) is 6.07 Å². The van der Waals surface area contributed by atoms with E-state index in [9.17, 15) is 5.11 Å². The Morgan fingerprint density at radius 1 is 1.06 bits per heavy atom. The lowest BCUT2D eigenvalue weighted by molar-refractivity contribution is -0.0678. The maximum absolute atomic E-state index is 10.6. The molecule has 0 spiro atoms. The number of benzene rings is 1. The quantitative estimate of drug-likeness (QED) is 0.680. The molecule has 0 aromatic heterocycles. The van der Waals surface area contributed by atoms with Crippen LogP contribution in [-0.4, -0.2) is 73.2 Å². The van der Waals surface area contributed by atoms with Gasteiger partial charge < -0.3 is 19.3 Å². The van der Waals surface area contributed by atoms with Gasteiger partial charge in [-0.15, -0.1) is 0 Å². The van der Waals surface area contributed by atoms with Gasteiger partial charge in [0.15, 0.2) is 11.5 Å². The van der Waals surface area contributed by atoms with Gasteiger partial charge in [-0.25, -0.2) is 0 Å². The Morgan fingerprint density at radius 2 is 1.81 bits per heavy atom. The average Bonchev–Trinajstić information content (AvgIpc) is 3.22. The summed E-state index contributed by atoms with van der Waals surface area (Å²) in [5, 5.41) is 10.6. The minimum atomic E-state index is -0.410. The van der Waals surface area contributed by atoms with Gasteiger partial charge in [0.05, 0.1) is 18.8 Å². The maximum atomic E-state index is 10.6. The van der Waals surface area contributed by atoms with E-state index in [0.29, 0.717) is 32.0 Å². The third-order valence-corrected chi connectivity index (χ3v) is 7.39. The fraction of sp³-hybridized carbons (Fsp3) is 0.760. The van der Waals surface area contributed by atoms with Crippen molar-refractivity contribution in [2.24, 2.45) is 17.8 Å². The number of β-amino-alcohol motifs (C(OH)–C–C–N with tert-alkyl or cyclic N) is 1. The fourth-order valence-corrected chi connectivity index (χ4v) is 5.16. The predicted molar refractivity (Wildman–Crippen MR) is 121 cm³/mol. The van der Waals surface area contributed by atoms with Crippen LogP contribution in [0, 0.1) is 17.8 Å². The van der Waals surface area contributed by atoms with Gasteiger partial charge in [-0.3, -0.25) is 9.80 Å². The Labute approximate surface area is 187 Å². The van der Waals surface area contributed by atoms with Gasteiger partial charge in [0.25, 0.3) is 0 Å². The normalized spacial score (nSPS) is 28.2. The first-order valence-electron chi connectivity index (χ1n) is 12.1. The second kappa shape index (κ2) is 10.5. The number of ether oxygens (including phenoxy) is 3. The first kappa shape index (κ1) is 22.8. The largest absolute Gasteiger partial charge is 0.454 e. The number of aliphatic hydroxyl groups is 1. The zero-order valence-electron chi connectivity index (χ0n) is 19.5. The molecule has 2 fully saturated rings. The van der Waals surface area contributed by atoms with E-state index in [0.717, 1.165) is 62.5 Å². The lowest BCUT2D eigenvalue weighted by Crippen LogP contribution is -2.49. The number of hydrogen-bond donors (Lipinski definition) is 1. The van der Waals surface area contributed by atoms with Crippen LogP contribution in [0.1, 0.15) is 45.6 Å². The topological polar surface area (TPSA) is 54.4 Å². The Kier molecular flexibility index (Phi) is 7.75. The molecule has 2 heterocycles. The summed E-state index contributed by atoms with van der Waals surface area (Å²) in [6.45, 7) is 13.3. The molecule has 174 valence electrons. The maximum Gasteiger partial charge on any atom is 0.231 e. The number of fused-ring (bicyclic) bond motifs is 1. The molecule has 1 aromatic rings. The molecule has 3 aliphatic rings. The average molecular weight is 433 g/mol. The van der Waals surface area contributed by atoms with E-state index in [4.69, 9.17) is 14.2 Å². The molecule has 4 rings (SSSR count). The monoisotopic (exact) mass is 432 g/mol. The minimum absolute atomic E-state index is 0.300. The highest BCUT2D eigenvalue weighted by Gasteiger charge is 2.30. The molecular formula is C25H40N2O4. The first-order chi connectivity index (χ1) is 15.0. The fourth-order valence-electron chi connectivity index (χ4n) is 5.16. The summed E-state index contributed by atoms with van der Waals surface area (Å²) in [5.74, 6) is 3.77. The van der Waals surface area contributed by atoms with Crippen molar-refractivity contribution < 1.29 is 19.3 Å². The molecule has 31 heavy (non-hydrogen) atoms. The molecule has 0 amide bonds. The predicted octanol–water partition coefficient (Wildman–Crippen LogP) is 3.37. The second-order valence-corrected chi connectivity index (χ2v) is 10.1. The molecule has 0 bridgehead atoms. The molecule has 4 atom stereocenters. The van der Waals surface area contributed by atoms with Crippen LogP contribution < -0.4 is 9.47 Å². The van der Waals surface area contributed by atoms with Crippen molar-refractivity contribution in [3.63, 3.8) is 0 Å². The Hall–Kier alpha value is -1.34. The van der Waals surface area contributed by atoms with Crippen LogP contribution in [0.4, 0.5) is 0 Å². The Morgan fingerprint density at radius 3 is 2.58 bits per heavy atom. The Balaban J connectivity index is 1.16. The van der Waals surface area contributed by atoms with Crippen molar-refractivity contribution in [3.05, 3.63) is 23.8 Å². The summed E-state index contributed by atoms with van der Waals surface area (Å²) in [4.78, 5) is 4.83. The standard InChI is InChI=1S/C25H40N2O4/c1-18(2)21-6-4-19(3)24(13-21)29-16-22(28)15-27-10-8-26(9-11-27)14-20-5-7-23-25(12-20)31-17-30-23/h5,7,12,18-19,21-22,24,28H,4,6,8-11,13-17H2,1-3H3/t19-,21+,22+,24-/m0/s1. The third kappa shape index (κ3) is 6.13. The van der Waals surface area contributed by atoms with Gasteiger partial charge in [-0.1, -0.05) is 26.8 Å². The molecule has 1 N–H and O–H groups in total. The van der Waals surface area contributed by atoms with Crippen molar-refractivity contribution in [1.82, 2.24) is 9.80 Å². The molecule has 1 saturated heterocycles. The van der Waals surface area contributed by atoms with Crippen LogP contribution in [0.25, 0.3) is 0 Å². The molecule has 6 heteroatoms. The number of hydrogen-bond acceptors (Lipinski definition) is 6. The van der Waals surface area contributed by atoms with E-state index in [2.05, 4.69) is 42.7 Å². The summed E-state index contributed by atoms with van der Waals surface area (Å²) in [6.07, 6.45) is 3.60. The van der Waals surface area contributed by atoms with Gasteiger partial charge in [-0.05, 0) is 54.7 Å². The van der Waals surface area contributed by atoms with Crippen LogP contribution >= 0.6 is 0 Å². The number of nitrogens with zero attached hydrogens (tertiary/aromatic N) is 2. The molecule has 0 radical (unpaired) electrons. The van der Waals surface area contributed by atoms with Crippen LogP contribution in [-0.2, 0) is 11.3 Å². The van der Waals surface area contributed by atoms with E-state index >= 15 is 0 Å². The molecule has 0 unspecified atom stereocenters. The van der Waals surface area contributed by atoms with Crippen molar-refractivity contribution in [3.8, 4) is 11.5 Å². The lowest BCUT2D eigenvalue weighted by Gasteiger charge is -2.37. The highest BCUT2D eigenvalue weighted by Crippen LogP contribution is 2.35. The summed E-state index contributed by atoms with van der Waals surface area (Å²) in [7, 11) is 0. The summed E-state index contributed by atoms with van der Waals surface area (Å²) in [6, 6.07) is 6.21. The van der Waals surface area contributed by atoms with Crippen LogP contribution in [0.5, 0.6) is 11.5 Å². The molecule has 1 aliphatic carbocycles. The van der Waals surface area contributed by atoms with Gasteiger partial charge in [-0.2, -0.15) is 0 Å². The van der Waals surface area contributed by atoms with Gasteiger partial charge in [0.1, 0.15) is 0 Å². The highest BCUT2D eigenvalue weighted by molar-refractivity contribution is 5.44. The summed E-state index contributed by atoms with van der Waals surface area (Å²) < 4.78 is 17.1. The molecular weight excluding hydrogens is 392 g/mol. The molecule has 1 saturated carbocycles. The SMILES string of the molecule is CC(C)[C@@H]1CC[C@H](C)[C@@H](OC[C@H](O)CN2CCN(Cc3ccc4c(c3)OCO4)CC2)C1. The Bertz CT molecular complexity index is 705. The molecule has 6 nitrogen and oxygen atoms in total.